The second-order valence-corrected chi connectivity index (χ2v) is 6.75. The van der Waals surface area contributed by atoms with Gasteiger partial charge < -0.3 is 9.84 Å². The summed E-state index contributed by atoms with van der Waals surface area (Å²) in [5, 5.41) is 12.0. The van der Waals surface area contributed by atoms with Crippen molar-refractivity contribution in [1.29, 1.82) is 0 Å². The molecule has 0 aliphatic rings. The number of phenols is 1. The number of hydrazine groups is 1. The Bertz CT molecular complexity index is 808. The normalized spacial score (nSPS) is 10.2. The van der Waals surface area contributed by atoms with Crippen LogP contribution in [0.4, 0.5) is 0 Å². The first-order valence-electron chi connectivity index (χ1n) is 6.99. The van der Waals surface area contributed by atoms with Crippen LogP contribution in [0, 0.1) is 6.92 Å². The van der Waals surface area contributed by atoms with Gasteiger partial charge in [-0.3, -0.25) is 20.4 Å². The summed E-state index contributed by atoms with van der Waals surface area (Å²) >= 11 is 4.51. The molecule has 3 N–H and O–H groups in total. The molecule has 0 aliphatic carbocycles. The van der Waals surface area contributed by atoms with Crippen molar-refractivity contribution < 1.29 is 24.2 Å². The number of aromatic nitrogens is 1. The topological polar surface area (TPSA) is 118 Å². The van der Waals surface area contributed by atoms with Crippen LogP contribution in [0.3, 0.4) is 0 Å². The van der Waals surface area contributed by atoms with Gasteiger partial charge in [-0.25, -0.2) is 9.78 Å². The number of esters is 1. The van der Waals surface area contributed by atoms with E-state index in [1.54, 1.807) is 6.07 Å². The first-order chi connectivity index (χ1) is 11.8. The Balaban J connectivity index is 1.75. The molecule has 0 saturated carbocycles. The maximum atomic E-state index is 11.8. The molecule has 1 aromatic heterocycles. The molecule has 0 spiro atoms. The summed E-state index contributed by atoms with van der Waals surface area (Å²) in [5.74, 6) is -2.29. The number of halogens is 1. The van der Waals surface area contributed by atoms with Crippen molar-refractivity contribution in [2.45, 2.75) is 13.3 Å². The first-order valence-corrected chi connectivity index (χ1v) is 8.66. The number of benzene rings is 1. The summed E-state index contributed by atoms with van der Waals surface area (Å²) in [5.41, 5.74) is 5.08. The van der Waals surface area contributed by atoms with Crippen molar-refractivity contribution in [3.05, 3.63) is 44.3 Å². The van der Waals surface area contributed by atoms with E-state index in [-0.39, 0.29) is 17.7 Å². The maximum Gasteiger partial charge on any atom is 0.342 e. The van der Waals surface area contributed by atoms with Gasteiger partial charge in [0.05, 0.1) is 6.42 Å². The number of carbonyl (C=O) groups is 3. The highest BCUT2D eigenvalue weighted by atomic mass is 79.9. The lowest BCUT2D eigenvalue weighted by Gasteiger charge is -2.08. The van der Waals surface area contributed by atoms with Crippen molar-refractivity contribution in [3.63, 3.8) is 0 Å². The van der Waals surface area contributed by atoms with Gasteiger partial charge in [0.2, 0.25) is 5.91 Å². The Morgan fingerprint density at radius 2 is 2.00 bits per heavy atom. The predicted molar refractivity (Wildman–Crippen MR) is 92.9 cm³/mol. The van der Waals surface area contributed by atoms with E-state index < -0.39 is 24.4 Å². The van der Waals surface area contributed by atoms with E-state index >= 15 is 0 Å². The zero-order chi connectivity index (χ0) is 18.4. The number of hydrogen-bond acceptors (Lipinski definition) is 7. The molecule has 0 aliphatic heterocycles. The predicted octanol–water partition coefficient (Wildman–Crippen LogP) is 1.47. The molecule has 25 heavy (non-hydrogen) atoms. The van der Waals surface area contributed by atoms with Gasteiger partial charge in [-0.05, 0) is 25.1 Å². The lowest BCUT2D eigenvalue weighted by Crippen LogP contribution is -2.44. The third-order valence-electron chi connectivity index (χ3n) is 2.83. The number of ether oxygens (including phenoxy) is 1. The smallest absolute Gasteiger partial charge is 0.342 e. The van der Waals surface area contributed by atoms with E-state index in [9.17, 15) is 19.5 Å². The number of aryl methyl sites for hydroxylation is 1. The molecule has 0 fully saturated rings. The van der Waals surface area contributed by atoms with Gasteiger partial charge in [0.15, 0.2) is 6.61 Å². The Hall–Kier alpha value is -2.46. The second kappa shape index (κ2) is 8.58. The van der Waals surface area contributed by atoms with Crippen LogP contribution >= 0.6 is 27.3 Å². The zero-order valence-electron chi connectivity index (χ0n) is 13.0. The molecule has 10 heteroatoms. The lowest BCUT2D eigenvalue weighted by atomic mass is 10.2. The van der Waals surface area contributed by atoms with Crippen molar-refractivity contribution in [2.75, 3.05) is 6.61 Å². The molecule has 8 nitrogen and oxygen atoms in total. The van der Waals surface area contributed by atoms with Crippen LogP contribution in [0.1, 0.15) is 21.1 Å². The Morgan fingerprint density at radius 1 is 1.28 bits per heavy atom. The van der Waals surface area contributed by atoms with Crippen LogP contribution < -0.4 is 10.9 Å². The van der Waals surface area contributed by atoms with E-state index in [1.807, 2.05) is 12.3 Å². The molecule has 0 unspecified atom stereocenters. The minimum Gasteiger partial charge on any atom is -0.507 e. The van der Waals surface area contributed by atoms with Crippen LogP contribution in [0.15, 0.2) is 28.1 Å². The quantitative estimate of drug-likeness (QED) is 0.491. The lowest BCUT2D eigenvalue weighted by molar-refractivity contribution is -0.130. The number of aromatic hydroxyl groups is 1. The van der Waals surface area contributed by atoms with Crippen LogP contribution in [0.2, 0.25) is 0 Å². The third kappa shape index (κ3) is 5.84. The molecule has 2 amide bonds. The number of nitrogens with zero attached hydrogens (tertiary/aromatic N) is 1. The number of amides is 2. The van der Waals surface area contributed by atoms with Crippen molar-refractivity contribution in [3.8, 4) is 5.75 Å². The Kier molecular flexibility index (Phi) is 6.48. The molecule has 2 aromatic rings. The van der Waals surface area contributed by atoms with Gasteiger partial charge in [0, 0.05) is 15.5 Å². The SMILES string of the molecule is Cc1csc(CC(=O)NNC(=O)COC(=O)c2cc(Br)ccc2O)n1. The van der Waals surface area contributed by atoms with Crippen LogP contribution in [0.25, 0.3) is 0 Å². The molecular formula is C15H14BrN3O5S. The van der Waals surface area contributed by atoms with Crippen molar-refractivity contribution in [2.24, 2.45) is 0 Å². The number of hydrogen-bond donors (Lipinski definition) is 3. The fourth-order valence-corrected chi connectivity index (χ4v) is 2.85. The third-order valence-corrected chi connectivity index (χ3v) is 4.29. The summed E-state index contributed by atoms with van der Waals surface area (Å²) < 4.78 is 5.36. The average molecular weight is 428 g/mol. The highest BCUT2D eigenvalue weighted by Crippen LogP contribution is 2.22. The summed E-state index contributed by atoms with van der Waals surface area (Å²) in [6.45, 7) is 1.21. The Morgan fingerprint density at radius 3 is 2.68 bits per heavy atom. The van der Waals surface area contributed by atoms with Gasteiger partial charge in [-0.2, -0.15) is 0 Å². The van der Waals surface area contributed by atoms with Crippen LogP contribution in [-0.2, 0) is 20.7 Å². The van der Waals surface area contributed by atoms with Gasteiger partial charge in [0.25, 0.3) is 5.91 Å². The molecule has 0 saturated heterocycles. The standard InChI is InChI=1S/C15H14BrN3O5S/c1-8-7-25-14(17-8)5-12(21)18-19-13(22)6-24-15(23)10-4-9(16)2-3-11(10)20/h2-4,7,20H,5-6H2,1H3,(H,18,21)(H,19,22). The van der Waals surface area contributed by atoms with Crippen LogP contribution in [0.5, 0.6) is 5.75 Å². The van der Waals surface area contributed by atoms with Gasteiger partial charge in [-0.1, -0.05) is 15.9 Å². The highest BCUT2D eigenvalue weighted by molar-refractivity contribution is 9.10. The average Bonchev–Trinajstić information content (AvgIpc) is 2.97. The maximum absolute atomic E-state index is 11.8. The fourth-order valence-electron chi connectivity index (χ4n) is 1.72. The van der Waals surface area contributed by atoms with Crippen molar-refractivity contribution in [1.82, 2.24) is 15.8 Å². The summed E-state index contributed by atoms with van der Waals surface area (Å²) in [6.07, 6.45) is 0.0322. The number of rotatable bonds is 5. The molecule has 2 rings (SSSR count). The number of phenolic OH excluding ortho intramolecular Hbond substituents is 1. The van der Waals surface area contributed by atoms with Gasteiger partial charge >= 0.3 is 5.97 Å². The van der Waals surface area contributed by atoms with E-state index in [1.165, 1.54) is 23.5 Å². The molecule has 0 bridgehead atoms. The van der Waals surface area contributed by atoms with Crippen molar-refractivity contribution >= 4 is 45.1 Å². The van der Waals surface area contributed by atoms with E-state index in [4.69, 9.17) is 4.74 Å². The summed E-state index contributed by atoms with van der Waals surface area (Å²) in [7, 11) is 0. The van der Waals surface area contributed by atoms with E-state index in [0.717, 1.165) is 5.69 Å². The van der Waals surface area contributed by atoms with Gasteiger partial charge in [-0.15, -0.1) is 11.3 Å². The molecule has 0 atom stereocenters. The summed E-state index contributed by atoms with van der Waals surface area (Å²) in [4.78, 5) is 39.2. The number of thiazole rings is 1. The monoisotopic (exact) mass is 427 g/mol. The Labute approximate surface area is 155 Å². The minimum atomic E-state index is -0.862. The van der Waals surface area contributed by atoms with E-state index in [2.05, 4.69) is 31.8 Å². The van der Waals surface area contributed by atoms with Crippen LogP contribution in [-0.4, -0.2) is 34.5 Å². The zero-order valence-corrected chi connectivity index (χ0v) is 15.4. The van der Waals surface area contributed by atoms with Gasteiger partial charge in [0.1, 0.15) is 16.3 Å². The number of carbonyl (C=O) groups excluding carboxylic acids is 3. The molecular weight excluding hydrogens is 414 g/mol. The number of nitrogens with one attached hydrogen (secondary N) is 2. The van der Waals surface area contributed by atoms with E-state index in [0.29, 0.717) is 9.48 Å². The second-order valence-electron chi connectivity index (χ2n) is 4.89. The fraction of sp³-hybridized carbons (Fsp3) is 0.200. The minimum absolute atomic E-state index is 0.0322. The molecule has 1 heterocycles. The highest BCUT2D eigenvalue weighted by Gasteiger charge is 2.15. The molecule has 1 aromatic carbocycles. The summed E-state index contributed by atoms with van der Waals surface area (Å²) in [6, 6.07) is 4.24. The molecule has 132 valence electrons. The first kappa shape index (κ1) is 18.9. The molecule has 0 radical (unpaired) electrons. The largest absolute Gasteiger partial charge is 0.507 e.